The van der Waals surface area contributed by atoms with Gasteiger partial charge in [-0.3, -0.25) is 0 Å². The molecule has 1 aromatic rings. The summed E-state index contributed by atoms with van der Waals surface area (Å²) in [4.78, 5) is 11.3. The Kier molecular flexibility index (Phi) is 2.29. The van der Waals surface area contributed by atoms with Crippen molar-refractivity contribution in [3.05, 3.63) is 23.5 Å². The Morgan fingerprint density at radius 2 is 2.36 bits per heavy atom. The van der Waals surface area contributed by atoms with Gasteiger partial charge in [0.25, 0.3) is 0 Å². The SMILES string of the molecule is COC(=O)c1cc(C2CNC2)cn1C. The molecule has 0 amide bonds. The molecule has 0 aliphatic carbocycles. The molecule has 1 fully saturated rings. The van der Waals surface area contributed by atoms with Crippen molar-refractivity contribution in [2.75, 3.05) is 20.2 Å². The van der Waals surface area contributed by atoms with Crippen LogP contribution in [0.5, 0.6) is 0 Å². The van der Waals surface area contributed by atoms with Crippen LogP contribution in [0.3, 0.4) is 0 Å². The number of hydrogen-bond donors (Lipinski definition) is 1. The number of ether oxygens (including phenoxy) is 1. The van der Waals surface area contributed by atoms with Crippen LogP contribution >= 0.6 is 0 Å². The van der Waals surface area contributed by atoms with Gasteiger partial charge in [0.15, 0.2) is 0 Å². The number of nitrogens with one attached hydrogen (secondary N) is 1. The second-order valence-corrected chi connectivity index (χ2v) is 3.62. The van der Waals surface area contributed by atoms with Gasteiger partial charge in [-0.2, -0.15) is 0 Å². The highest BCUT2D eigenvalue weighted by Gasteiger charge is 2.22. The predicted octanol–water partition coefficient (Wildman–Crippen LogP) is 0.498. The fourth-order valence-electron chi connectivity index (χ4n) is 1.65. The topological polar surface area (TPSA) is 43.3 Å². The zero-order valence-corrected chi connectivity index (χ0v) is 8.41. The first-order chi connectivity index (χ1) is 6.72. The highest BCUT2D eigenvalue weighted by Crippen LogP contribution is 2.21. The first kappa shape index (κ1) is 9.27. The molecular formula is C10H14N2O2. The molecule has 1 aliphatic heterocycles. The summed E-state index contributed by atoms with van der Waals surface area (Å²) < 4.78 is 6.51. The summed E-state index contributed by atoms with van der Waals surface area (Å²) in [5.74, 6) is 0.283. The standard InChI is InChI=1S/C10H14N2O2/c1-12-6-7(8-4-11-5-8)3-9(12)10(13)14-2/h3,6,8,11H,4-5H2,1-2H3. The minimum absolute atomic E-state index is 0.272. The van der Waals surface area contributed by atoms with Gasteiger partial charge >= 0.3 is 5.97 Å². The van der Waals surface area contributed by atoms with Crippen LogP contribution in [0.25, 0.3) is 0 Å². The second-order valence-electron chi connectivity index (χ2n) is 3.62. The van der Waals surface area contributed by atoms with Gasteiger partial charge in [0.2, 0.25) is 0 Å². The number of carbonyl (C=O) groups is 1. The van der Waals surface area contributed by atoms with E-state index >= 15 is 0 Å². The van der Waals surface area contributed by atoms with E-state index in [4.69, 9.17) is 0 Å². The Bertz CT molecular complexity index is 353. The highest BCUT2D eigenvalue weighted by atomic mass is 16.5. The molecule has 0 saturated carbocycles. The maximum atomic E-state index is 11.3. The van der Waals surface area contributed by atoms with Crippen LogP contribution < -0.4 is 5.32 Å². The van der Waals surface area contributed by atoms with Crippen molar-refractivity contribution in [2.24, 2.45) is 7.05 Å². The number of aryl methyl sites for hydroxylation is 1. The molecule has 4 nitrogen and oxygen atoms in total. The molecule has 76 valence electrons. The molecule has 2 heterocycles. The summed E-state index contributed by atoms with van der Waals surface area (Å²) in [5, 5.41) is 3.21. The van der Waals surface area contributed by atoms with Crippen molar-refractivity contribution in [3.63, 3.8) is 0 Å². The van der Waals surface area contributed by atoms with Crippen molar-refractivity contribution in [3.8, 4) is 0 Å². The van der Waals surface area contributed by atoms with Crippen LogP contribution in [0, 0.1) is 0 Å². The fraction of sp³-hybridized carbons (Fsp3) is 0.500. The number of nitrogens with zero attached hydrogens (tertiary/aromatic N) is 1. The molecule has 0 bridgehead atoms. The van der Waals surface area contributed by atoms with E-state index in [0.29, 0.717) is 11.6 Å². The summed E-state index contributed by atoms with van der Waals surface area (Å²) >= 11 is 0. The molecule has 1 aromatic heterocycles. The zero-order valence-electron chi connectivity index (χ0n) is 8.41. The van der Waals surface area contributed by atoms with E-state index in [0.717, 1.165) is 13.1 Å². The lowest BCUT2D eigenvalue weighted by Crippen LogP contribution is -2.39. The van der Waals surface area contributed by atoms with Crippen LogP contribution in [0.15, 0.2) is 12.3 Å². The number of rotatable bonds is 2. The normalized spacial score (nSPS) is 16.4. The highest BCUT2D eigenvalue weighted by molar-refractivity contribution is 5.88. The van der Waals surface area contributed by atoms with Gasteiger partial charge in [0, 0.05) is 32.3 Å². The largest absolute Gasteiger partial charge is 0.464 e. The number of carbonyl (C=O) groups excluding carboxylic acids is 1. The van der Waals surface area contributed by atoms with Gasteiger partial charge in [-0.05, 0) is 11.6 Å². The van der Waals surface area contributed by atoms with Crippen molar-refractivity contribution in [2.45, 2.75) is 5.92 Å². The van der Waals surface area contributed by atoms with Crippen LogP contribution in [0.2, 0.25) is 0 Å². The third-order valence-corrected chi connectivity index (χ3v) is 2.67. The molecule has 0 radical (unpaired) electrons. The Balaban J connectivity index is 2.24. The van der Waals surface area contributed by atoms with Crippen LogP contribution in [-0.2, 0) is 11.8 Å². The van der Waals surface area contributed by atoms with Crippen molar-refractivity contribution >= 4 is 5.97 Å². The summed E-state index contributed by atoms with van der Waals surface area (Å²) in [6.07, 6.45) is 2.00. The first-order valence-electron chi connectivity index (χ1n) is 4.67. The molecule has 0 spiro atoms. The van der Waals surface area contributed by atoms with E-state index in [2.05, 4.69) is 10.1 Å². The number of esters is 1. The van der Waals surface area contributed by atoms with Crippen LogP contribution in [0.1, 0.15) is 22.0 Å². The summed E-state index contributed by atoms with van der Waals surface area (Å²) in [6, 6.07) is 1.91. The molecule has 2 rings (SSSR count). The fourth-order valence-corrected chi connectivity index (χ4v) is 1.65. The number of hydrogen-bond acceptors (Lipinski definition) is 3. The van der Waals surface area contributed by atoms with Crippen molar-refractivity contribution in [1.82, 2.24) is 9.88 Å². The van der Waals surface area contributed by atoms with Gasteiger partial charge < -0.3 is 14.6 Å². The molecule has 1 N–H and O–H groups in total. The molecular weight excluding hydrogens is 180 g/mol. The van der Waals surface area contributed by atoms with Crippen LogP contribution in [-0.4, -0.2) is 30.7 Å². The summed E-state index contributed by atoms with van der Waals surface area (Å²) in [6.45, 7) is 2.01. The van der Waals surface area contributed by atoms with E-state index in [1.807, 2.05) is 23.9 Å². The Morgan fingerprint density at radius 1 is 1.64 bits per heavy atom. The van der Waals surface area contributed by atoms with Crippen LogP contribution in [0.4, 0.5) is 0 Å². The maximum Gasteiger partial charge on any atom is 0.354 e. The lowest BCUT2D eigenvalue weighted by Gasteiger charge is -2.26. The lowest BCUT2D eigenvalue weighted by molar-refractivity contribution is 0.0590. The Morgan fingerprint density at radius 3 is 2.86 bits per heavy atom. The molecule has 4 heteroatoms. The number of methoxy groups -OCH3 is 1. The van der Waals surface area contributed by atoms with Gasteiger partial charge in [0.05, 0.1) is 7.11 Å². The van der Waals surface area contributed by atoms with Gasteiger partial charge in [0.1, 0.15) is 5.69 Å². The predicted molar refractivity (Wildman–Crippen MR) is 52.4 cm³/mol. The quantitative estimate of drug-likeness (QED) is 0.697. The molecule has 14 heavy (non-hydrogen) atoms. The third kappa shape index (κ3) is 1.42. The molecule has 0 aromatic carbocycles. The average Bonchev–Trinajstić information content (AvgIpc) is 2.43. The second kappa shape index (κ2) is 3.46. The maximum absolute atomic E-state index is 11.3. The third-order valence-electron chi connectivity index (χ3n) is 2.67. The molecule has 0 unspecified atom stereocenters. The molecule has 0 atom stereocenters. The van der Waals surface area contributed by atoms with E-state index in [1.54, 1.807) is 0 Å². The van der Waals surface area contributed by atoms with Crippen molar-refractivity contribution in [1.29, 1.82) is 0 Å². The van der Waals surface area contributed by atoms with Gasteiger partial charge in [-0.25, -0.2) is 4.79 Å². The summed E-state index contributed by atoms with van der Waals surface area (Å²) in [7, 11) is 3.27. The first-order valence-corrected chi connectivity index (χ1v) is 4.67. The molecule has 1 aliphatic rings. The van der Waals surface area contributed by atoms with E-state index in [1.165, 1.54) is 12.7 Å². The average molecular weight is 194 g/mol. The lowest BCUT2D eigenvalue weighted by atomic mass is 9.96. The summed E-state index contributed by atoms with van der Waals surface area (Å²) in [5.41, 5.74) is 1.83. The van der Waals surface area contributed by atoms with Crippen molar-refractivity contribution < 1.29 is 9.53 Å². The number of aromatic nitrogens is 1. The monoisotopic (exact) mass is 194 g/mol. The minimum atomic E-state index is -0.272. The van der Waals surface area contributed by atoms with E-state index in [9.17, 15) is 4.79 Å². The van der Waals surface area contributed by atoms with Gasteiger partial charge in [-0.1, -0.05) is 0 Å². The zero-order chi connectivity index (χ0) is 10.1. The minimum Gasteiger partial charge on any atom is -0.464 e. The molecule has 1 saturated heterocycles. The van der Waals surface area contributed by atoms with E-state index < -0.39 is 0 Å². The Labute approximate surface area is 82.9 Å². The smallest absolute Gasteiger partial charge is 0.354 e. The van der Waals surface area contributed by atoms with Gasteiger partial charge in [-0.15, -0.1) is 0 Å². The Hall–Kier alpha value is -1.29. The van der Waals surface area contributed by atoms with E-state index in [-0.39, 0.29) is 5.97 Å².